The fraction of sp³-hybridized carbons (Fsp3) is 0.652. The van der Waals surface area contributed by atoms with Gasteiger partial charge < -0.3 is 21.3 Å². The van der Waals surface area contributed by atoms with Crippen LogP contribution in [0.2, 0.25) is 0 Å². The molecule has 0 aliphatic carbocycles. The highest BCUT2D eigenvalue weighted by atomic mass is 16.1. The van der Waals surface area contributed by atoms with Crippen molar-refractivity contribution in [3.63, 3.8) is 0 Å². The summed E-state index contributed by atoms with van der Waals surface area (Å²) in [7, 11) is 1.83. The Morgan fingerprint density at radius 2 is 2.00 bits per heavy atom. The monoisotopic (exact) mass is 401 g/mol. The Kier molecular flexibility index (Phi) is 8.96. The van der Waals surface area contributed by atoms with E-state index in [1.54, 1.807) is 0 Å². The Morgan fingerprint density at radius 1 is 1.31 bits per heavy atom. The molecule has 0 aromatic heterocycles. The third kappa shape index (κ3) is 6.74. The summed E-state index contributed by atoms with van der Waals surface area (Å²) in [5, 5.41) is 7.48. The number of aliphatic imine (C=N–C) groups is 1. The van der Waals surface area contributed by atoms with E-state index in [-0.39, 0.29) is 17.5 Å². The van der Waals surface area contributed by atoms with Crippen LogP contribution in [0.15, 0.2) is 35.3 Å². The second-order valence-electron chi connectivity index (χ2n) is 8.29. The van der Waals surface area contributed by atoms with E-state index in [0.717, 1.165) is 51.3 Å². The summed E-state index contributed by atoms with van der Waals surface area (Å²) in [6.45, 7) is 9.31. The van der Waals surface area contributed by atoms with Gasteiger partial charge >= 0.3 is 0 Å². The predicted octanol–water partition coefficient (Wildman–Crippen LogP) is 3.06. The van der Waals surface area contributed by atoms with Crippen molar-refractivity contribution < 1.29 is 4.79 Å². The fourth-order valence-corrected chi connectivity index (χ4v) is 4.33. The average molecular weight is 402 g/mol. The van der Waals surface area contributed by atoms with E-state index in [9.17, 15) is 4.79 Å². The van der Waals surface area contributed by atoms with Gasteiger partial charge in [-0.2, -0.15) is 0 Å². The molecule has 29 heavy (non-hydrogen) atoms. The summed E-state index contributed by atoms with van der Waals surface area (Å²) in [6.07, 6.45) is 4.62. The van der Waals surface area contributed by atoms with Crippen molar-refractivity contribution in [1.82, 2.24) is 15.5 Å². The minimum atomic E-state index is -0.213. The van der Waals surface area contributed by atoms with Gasteiger partial charge in [0.15, 0.2) is 5.96 Å². The van der Waals surface area contributed by atoms with Gasteiger partial charge in [0, 0.05) is 44.7 Å². The van der Waals surface area contributed by atoms with Crippen molar-refractivity contribution >= 4 is 11.9 Å². The van der Waals surface area contributed by atoms with Crippen LogP contribution in [0.1, 0.15) is 64.5 Å². The molecule has 1 fully saturated rings. The number of amides is 1. The number of nitrogens with one attached hydrogen (secondary N) is 2. The number of nitrogens with zero attached hydrogens (tertiary/aromatic N) is 2. The van der Waals surface area contributed by atoms with Crippen LogP contribution in [-0.2, 0) is 4.79 Å². The van der Waals surface area contributed by atoms with Crippen LogP contribution in [0, 0.1) is 5.92 Å². The van der Waals surface area contributed by atoms with E-state index in [0.29, 0.717) is 12.3 Å². The molecule has 1 saturated heterocycles. The van der Waals surface area contributed by atoms with Gasteiger partial charge in [0.2, 0.25) is 5.91 Å². The molecule has 6 heteroatoms. The molecule has 1 aliphatic heterocycles. The van der Waals surface area contributed by atoms with Gasteiger partial charge in [0.1, 0.15) is 0 Å². The fourth-order valence-electron chi connectivity index (χ4n) is 4.33. The third-order valence-electron chi connectivity index (χ3n) is 6.28. The number of rotatable bonds is 9. The molecule has 1 aliphatic rings. The first-order valence-electron chi connectivity index (χ1n) is 11.0. The van der Waals surface area contributed by atoms with Crippen LogP contribution in [0.4, 0.5) is 0 Å². The molecule has 0 saturated carbocycles. The zero-order valence-electron chi connectivity index (χ0n) is 18.6. The molecular formula is C23H39N5O. The van der Waals surface area contributed by atoms with Gasteiger partial charge in [-0.05, 0) is 44.1 Å². The van der Waals surface area contributed by atoms with Crippen molar-refractivity contribution in [3.8, 4) is 0 Å². The molecule has 0 spiro atoms. The SMILES string of the molecule is CCC(CC)(CNC(=NC)N1CCCC(CC(N)=O)C1)NC(C)c1ccccc1. The maximum atomic E-state index is 11.3. The summed E-state index contributed by atoms with van der Waals surface area (Å²) in [4.78, 5) is 18.1. The highest BCUT2D eigenvalue weighted by molar-refractivity contribution is 5.80. The molecule has 1 aromatic rings. The topological polar surface area (TPSA) is 82.8 Å². The van der Waals surface area contributed by atoms with Gasteiger partial charge in [0.25, 0.3) is 0 Å². The van der Waals surface area contributed by atoms with Crippen LogP contribution >= 0.6 is 0 Å². The smallest absolute Gasteiger partial charge is 0.217 e. The number of hydrogen-bond donors (Lipinski definition) is 3. The summed E-state index contributed by atoms with van der Waals surface area (Å²) in [5.41, 5.74) is 6.69. The molecular weight excluding hydrogens is 362 g/mol. The number of guanidine groups is 1. The molecule has 2 rings (SSSR count). The predicted molar refractivity (Wildman–Crippen MR) is 121 cm³/mol. The largest absolute Gasteiger partial charge is 0.370 e. The first-order chi connectivity index (χ1) is 13.9. The number of primary amides is 1. The van der Waals surface area contributed by atoms with E-state index < -0.39 is 0 Å². The minimum absolute atomic E-state index is 0.0202. The number of piperidine rings is 1. The molecule has 0 bridgehead atoms. The zero-order valence-corrected chi connectivity index (χ0v) is 18.6. The lowest BCUT2D eigenvalue weighted by Gasteiger charge is -2.39. The van der Waals surface area contributed by atoms with Gasteiger partial charge in [-0.1, -0.05) is 44.2 Å². The van der Waals surface area contributed by atoms with Crippen LogP contribution in [0.25, 0.3) is 0 Å². The number of carbonyl (C=O) groups excluding carboxylic acids is 1. The lowest BCUT2D eigenvalue weighted by atomic mass is 9.90. The van der Waals surface area contributed by atoms with E-state index in [1.807, 2.05) is 7.05 Å². The third-order valence-corrected chi connectivity index (χ3v) is 6.28. The molecule has 1 heterocycles. The van der Waals surface area contributed by atoms with E-state index in [4.69, 9.17) is 5.73 Å². The molecule has 0 radical (unpaired) electrons. The Balaban J connectivity index is 2.01. The van der Waals surface area contributed by atoms with Crippen molar-refractivity contribution in [2.24, 2.45) is 16.6 Å². The summed E-state index contributed by atoms with van der Waals surface area (Å²) >= 11 is 0. The Bertz CT molecular complexity index is 656. The molecule has 2 atom stereocenters. The Morgan fingerprint density at radius 3 is 2.59 bits per heavy atom. The van der Waals surface area contributed by atoms with Crippen molar-refractivity contribution in [2.75, 3.05) is 26.7 Å². The lowest BCUT2D eigenvalue weighted by molar-refractivity contribution is -0.119. The number of benzene rings is 1. The number of nitrogens with two attached hydrogens (primary N) is 1. The number of likely N-dealkylation sites (tertiary alicyclic amines) is 1. The van der Waals surface area contributed by atoms with Crippen molar-refractivity contribution in [2.45, 2.75) is 64.5 Å². The first kappa shape index (κ1) is 23.2. The molecule has 1 amide bonds. The average Bonchev–Trinajstić information content (AvgIpc) is 2.73. The quantitative estimate of drug-likeness (QED) is 0.439. The summed E-state index contributed by atoms with van der Waals surface area (Å²) in [5.74, 6) is 1.02. The van der Waals surface area contributed by atoms with E-state index >= 15 is 0 Å². The standard InChI is InChI=1S/C23H39N5O/c1-5-23(6-2,27-18(3)20-12-8-7-9-13-20)17-26-22(25-4)28-14-10-11-19(16-28)15-21(24)29/h7-9,12-13,18-19,27H,5-6,10-11,14-17H2,1-4H3,(H2,24,29)(H,25,26). The summed E-state index contributed by atoms with van der Waals surface area (Å²) in [6, 6.07) is 10.9. The maximum Gasteiger partial charge on any atom is 0.217 e. The number of carbonyl (C=O) groups is 1. The molecule has 1 aromatic carbocycles. The molecule has 162 valence electrons. The Hall–Kier alpha value is -2.08. The maximum absolute atomic E-state index is 11.3. The normalized spacial score (nSPS) is 19.1. The van der Waals surface area contributed by atoms with E-state index in [1.165, 1.54) is 5.56 Å². The van der Waals surface area contributed by atoms with Gasteiger partial charge in [-0.15, -0.1) is 0 Å². The molecule has 6 nitrogen and oxygen atoms in total. The number of hydrogen-bond acceptors (Lipinski definition) is 3. The van der Waals surface area contributed by atoms with E-state index in [2.05, 4.69) is 71.6 Å². The lowest BCUT2D eigenvalue weighted by Crippen LogP contribution is -2.56. The first-order valence-corrected chi connectivity index (χ1v) is 11.0. The van der Waals surface area contributed by atoms with Gasteiger partial charge in [-0.25, -0.2) is 0 Å². The van der Waals surface area contributed by atoms with Crippen LogP contribution in [0.5, 0.6) is 0 Å². The Labute approximate surface area is 176 Å². The highest BCUT2D eigenvalue weighted by Gasteiger charge is 2.30. The molecule has 2 unspecified atom stereocenters. The summed E-state index contributed by atoms with van der Waals surface area (Å²) < 4.78 is 0. The minimum Gasteiger partial charge on any atom is -0.370 e. The second kappa shape index (κ2) is 11.2. The zero-order chi connectivity index (χ0) is 21.3. The van der Waals surface area contributed by atoms with Crippen LogP contribution < -0.4 is 16.4 Å². The van der Waals surface area contributed by atoms with Crippen LogP contribution in [0.3, 0.4) is 0 Å². The van der Waals surface area contributed by atoms with Crippen molar-refractivity contribution in [1.29, 1.82) is 0 Å². The van der Waals surface area contributed by atoms with Crippen molar-refractivity contribution in [3.05, 3.63) is 35.9 Å². The molecule has 4 N–H and O–H groups in total. The van der Waals surface area contributed by atoms with Crippen LogP contribution in [-0.4, -0.2) is 49.0 Å². The van der Waals surface area contributed by atoms with Gasteiger partial charge in [-0.3, -0.25) is 9.79 Å². The highest BCUT2D eigenvalue weighted by Crippen LogP contribution is 2.23. The van der Waals surface area contributed by atoms with Gasteiger partial charge in [0.05, 0.1) is 0 Å². The second-order valence-corrected chi connectivity index (χ2v) is 8.29.